The van der Waals surface area contributed by atoms with Gasteiger partial charge in [-0.15, -0.1) is 0 Å². The van der Waals surface area contributed by atoms with E-state index >= 15 is 0 Å². The fourth-order valence-electron chi connectivity index (χ4n) is 3.35. The minimum absolute atomic E-state index is 0.322. The molecule has 3 aromatic rings. The summed E-state index contributed by atoms with van der Waals surface area (Å²) in [5.41, 5.74) is 2.35. The number of hydrogen-bond acceptors (Lipinski definition) is 4. The van der Waals surface area contributed by atoms with Crippen LogP contribution in [0.15, 0.2) is 29.1 Å². The summed E-state index contributed by atoms with van der Waals surface area (Å²) in [4.78, 5) is 8.76. The third kappa shape index (κ3) is 2.51. The molecule has 0 atom stereocenters. The number of aromatic nitrogens is 3. The van der Waals surface area contributed by atoms with Crippen LogP contribution >= 0.6 is 15.9 Å². The van der Waals surface area contributed by atoms with Crippen LogP contribution in [0.25, 0.3) is 21.9 Å². The summed E-state index contributed by atoms with van der Waals surface area (Å²) in [6, 6.07) is 5.47. The Hall–Kier alpha value is -2.20. The van der Waals surface area contributed by atoms with Gasteiger partial charge >= 0.3 is 0 Å². The molecule has 2 aromatic heterocycles. The largest absolute Gasteiger partial charge is 0.311 e. The average Bonchev–Trinajstić information content (AvgIpc) is 3.02. The van der Waals surface area contributed by atoms with Gasteiger partial charge in [-0.25, -0.2) is 14.1 Å². The maximum Gasteiger partial charge on any atom is 0.139 e. The molecule has 1 fully saturated rings. The lowest BCUT2D eigenvalue weighted by Crippen LogP contribution is -2.41. The second-order valence-electron chi connectivity index (χ2n) is 6.12. The first-order valence-electron chi connectivity index (χ1n) is 7.90. The molecule has 0 amide bonds. The Morgan fingerprint density at radius 1 is 1.25 bits per heavy atom. The molecule has 0 spiro atoms. The third-order valence-corrected chi connectivity index (χ3v) is 5.28. The van der Waals surface area contributed by atoms with E-state index in [0.717, 1.165) is 42.4 Å². The molecule has 24 heavy (non-hydrogen) atoms. The normalized spacial score (nSPS) is 16.0. The van der Waals surface area contributed by atoms with E-state index < -0.39 is 0 Å². The minimum atomic E-state index is -0.322. The van der Waals surface area contributed by atoms with E-state index in [2.05, 4.69) is 37.0 Å². The smallest absolute Gasteiger partial charge is 0.139 e. The number of benzene rings is 1. The summed E-state index contributed by atoms with van der Waals surface area (Å²) >= 11 is 3.26. The standard InChI is InChI=1S/C17H15BrFN5/c18-13-7-12-15(8-14(13)19)21-9-16-17(12)24(10-22-16)23-5-2-11(1-4-20)3-6-23/h7-11H,1-3,5-6H2. The van der Waals surface area contributed by atoms with Gasteiger partial charge in [-0.05, 0) is 40.8 Å². The Morgan fingerprint density at radius 2 is 2.04 bits per heavy atom. The molecule has 3 heterocycles. The molecule has 1 aliphatic rings. The summed E-state index contributed by atoms with van der Waals surface area (Å²) in [5.74, 6) is 0.153. The molecule has 0 N–H and O–H groups in total. The molecule has 7 heteroatoms. The number of nitrogens with zero attached hydrogens (tertiary/aromatic N) is 5. The highest BCUT2D eigenvalue weighted by Gasteiger charge is 2.21. The van der Waals surface area contributed by atoms with E-state index in [0.29, 0.717) is 22.3 Å². The number of rotatable bonds is 2. The van der Waals surface area contributed by atoms with Crippen molar-refractivity contribution in [1.82, 2.24) is 14.6 Å². The van der Waals surface area contributed by atoms with Crippen molar-refractivity contribution >= 4 is 37.9 Å². The van der Waals surface area contributed by atoms with Gasteiger partial charge in [-0.2, -0.15) is 5.26 Å². The maximum absolute atomic E-state index is 13.8. The summed E-state index contributed by atoms with van der Waals surface area (Å²) in [6.07, 6.45) is 6.10. The third-order valence-electron chi connectivity index (χ3n) is 4.67. The molecule has 1 aliphatic heterocycles. The molecular weight excluding hydrogens is 373 g/mol. The van der Waals surface area contributed by atoms with Crippen molar-refractivity contribution in [3.05, 3.63) is 34.9 Å². The maximum atomic E-state index is 13.8. The molecule has 1 aromatic carbocycles. The first-order chi connectivity index (χ1) is 11.7. The van der Waals surface area contributed by atoms with Gasteiger partial charge in [0.15, 0.2) is 0 Å². The predicted octanol–water partition coefficient (Wildman–Crippen LogP) is 3.75. The van der Waals surface area contributed by atoms with Gasteiger partial charge in [0, 0.05) is 31.0 Å². The molecule has 0 unspecified atom stereocenters. The Kier molecular flexibility index (Phi) is 3.85. The van der Waals surface area contributed by atoms with Gasteiger partial charge in [0.25, 0.3) is 0 Å². The predicted molar refractivity (Wildman–Crippen MR) is 93.6 cm³/mol. The van der Waals surface area contributed by atoms with Crippen LogP contribution in [0.2, 0.25) is 0 Å². The lowest BCUT2D eigenvalue weighted by Gasteiger charge is -2.33. The van der Waals surface area contributed by atoms with Crippen molar-refractivity contribution < 1.29 is 4.39 Å². The van der Waals surface area contributed by atoms with Crippen molar-refractivity contribution in [3.63, 3.8) is 0 Å². The van der Waals surface area contributed by atoms with Gasteiger partial charge in [0.1, 0.15) is 23.2 Å². The Balaban J connectivity index is 1.78. The molecule has 4 rings (SSSR count). The van der Waals surface area contributed by atoms with Gasteiger partial charge in [-0.3, -0.25) is 4.98 Å². The zero-order chi connectivity index (χ0) is 16.7. The van der Waals surface area contributed by atoms with Crippen molar-refractivity contribution in [3.8, 4) is 6.07 Å². The first-order valence-corrected chi connectivity index (χ1v) is 8.69. The first kappa shape index (κ1) is 15.3. The van der Waals surface area contributed by atoms with Crippen LogP contribution in [0.4, 0.5) is 4.39 Å². The molecule has 0 bridgehead atoms. The molecule has 0 saturated carbocycles. The second kappa shape index (κ2) is 6.02. The number of hydrogen-bond donors (Lipinski definition) is 0. The highest BCUT2D eigenvalue weighted by atomic mass is 79.9. The highest BCUT2D eigenvalue weighted by Crippen LogP contribution is 2.29. The lowest BCUT2D eigenvalue weighted by atomic mass is 9.95. The topological polar surface area (TPSA) is 57.7 Å². The van der Waals surface area contributed by atoms with E-state index in [1.807, 2.05) is 4.68 Å². The van der Waals surface area contributed by atoms with Crippen molar-refractivity contribution in [2.24, 2.45) is 5.92 Å². The van der Waals surface area contributed by atoms with Gasteiger partial charge in [0.05, 0.1) is 22.3 Å². The van der Waals surface area contributed by atoms with Crippen molar-refractivity contribution in [2.75, 3.05) is 18.1 Å². The van der Waals surface area contributed by atoms with Crippen molar-refractivity contribution in [1.29, 1.82) is 5.26 Å². The monoisotopic (exact) mass is 387 g/mol. The number of fused-ring (bicyclic) bond motifs is 3. The van der Waals surface area contributed by atoms with E-state index in [1.54, 1.807) is 18.6 Å². The Labute approximate surface area is 146 Å². The summed E-state index contributed by atoms with van der Waals surface area (Å²) < 4.78 is 16.3. The zero-order valence-corrected chi connectivity index (χ0v) is 14.5. The van der Waals surface area contributed by atoms with E-state index in [-0.39, 0.29) is 5.82 Å². The van der Waals surface area contributed by atoms with Crippen LogP contribution in [0.1, 0.15) is 19.3 Å². The second-order valence-corrected chi connectivity index (χ2v) is 6.98. The summed E-state index contributed by atoms with van der Waals surface area (Å²) in [5, 5.41) is 12.0. The molecule has 122 valence electrons. The number of pyridine rings is 1. The fraction of sp³-hybridized carbons (Fsp3) is 0.353. The van der Waals surface area contributed by atoms with Gasteiger partial charge in [-0.1, -0.05) is 0 Å². The lowest BCUT2D eigenvalue weighted by molar-refractivity contribution is 0.371. The van der Waals surface area contributed by atoms with Crippen LogP contribution < -0.4 is 5.01 Å². The van der Waals surface area contributed by atoms with E-state index in [1.165, 1.54) is 6.07 Å². The number of nitriles is 1. The summed E-state index contributed by atoms with van der Waals surface area (Å²) in [7, 11) is 0. The fourth-order valence-corrected chi connectivity index (χ4v) is 3.70. The highest BCUT2D eigenvalue weighted by molar-refractivity contribution is 9.10. The number of piperidine rings is 1. The van der Waals surface area contributed by atoms with Crippen molar-refractivity contribution in [2.45, 2.75) is 19.3 Å². The van der Waals surface area contributed by atoms with E-state index in [9.17, 15) is 4.39 Å². The Bertz CT molecular complexity index is 953. The van der Waals surface area contributed by atoms with Crippen LogP contribution in [-0.4, -0.2) is 27.7 Å². The SMILES string of the molecule is N#CCC1CCN(n2cnc3cnc4cc(F)c(Br)cc4c32)CC1. The Morgan fingerprint density at radius 3 is 2.79 bits per heavy atom. The molecule has 1 saturated heterocycles. The quantitative estimate of drug-likeness (QED) is 0.671. The molecule has 0 radical (unpaired) electrons. The van der Waals surface area contributed by atoms with Crippen LogP contribution in [0.3, 0.4) is 0 Å². The van der Waals surface area contributed by atoms with E-state index in [4.69, 9.17) is 5.26 Å². The molecule has 5 nitrogen and oxygen atoms in total. The molecular formula is C17H15BrFN5. The zero-order valence-electron chi connectivity index (χ0n) is 12.9. The van der Waals surface area contributed by atoms with Crippen LogP contribution in [0.5, 0.6) is 0 Å². The van der Waals surface area contributed by atoms with Crippen LogP contribution in [-0.2, 0) is 0 Å². The number of halogens is 2. The van der Waals surface area contributed by atoms with Gasteiger partial charge < -0.3 is 5.01 Å². The molecule has 0 aliphatic carbocycles. The van der Waals surface area contributed by atoms with Crippen LogP contribution in [0, 0.1) is 23.1 Å². The number of imidazole rings is 1. The minimum Gasteiger partial charge on any atom is -0.311 e. The van der Waals surface area contributed by atoms with Gasteiger partial charge in [0.2, 0.25) is 0 Å². The average molecular weight is 388 g/mol. The summed E-state index contributed by atoms with van der Waals surface area (Å²) in [6.45, 7) is 1.76.